The van der Waals surface area contributed by atoms with Gasteiger partial charge in [0.2, 0.25) is 5.91 Å². The summed E-state index contributed by atoms with van der Waals surface area (Å²) < 4.78 is 1.84. The summed E-state index contributed by atoms with van der Waals surface area (Å²) in [6.07, 6.45) is 6.31. The van der Waals surface area contributed by atoms with E-state index in [1.54, 1.807) is 6.20 Å². The summed E-state index contributed by atoms with van der Waals surface area (Å²) in [6, 6.07) is 20.9. The van der Waals surface area contributed by atoms with E-state index in [-0.39, 0.29) is 5.91 Å². The van der Waals surface area contributed by atoms with E-state index >= 15 is 0 Å². The zero-order valence-corrected chi connectivity index (χ0v) is 16.0. The van der Waals surface area contributed by atoms with Crippen LogP contribution in [0.3, 0.4) is 0 Å². The van der Waals surface area contributed by atoms with E-state index in [4.69, 9.17) is 0 Å². The Balaban J connectivity index is 1.30. The lowest BCUT2D eigenvalue weighted by molar-refractivity contribution is -0.129. The molecular formula is C23H26N4O. The van der Waals surface area contributed by atoms with Crippen molar-refractivity contribution < 1.29 is 4.79 Å². The Morgan fingerprint density at radius 1 is 1.00 bits per heavy atom. The van der Waals surface area contributed by atoms with E-state index in [1.165, 1.54) is 5.56 Å². The number of amides is 1. The second-order valence-corrected chi connectivity index (χ2v) is 7.28. The standard InChI is InChI=1S/C23H26N4O/c28-23-12-11-21(13-15-24-17-19-5-2-1-3-6-19)26(23)18-20-7-9-22(10-8-20)27-16-4-14-25-27/h1-10,14,16,21,24H,11-13,15,17-18H2/t21-/m1/s1. The van der Waals surface area contributed by atoms with Crippen molar-refractivity contribution in [2.75, 3.05) is 6.54 Å². The average Bonchev–Trinajstić information content (AvgIpc) is 3.38. The molecule has 0 saturated carbocycles. The fourth-order valence-corrected chi connectivity index (χ4v) is 3.78. The van der Waals surface area contributed by atoms with Crippen LogP contribution < -0.4 is 5.32 Å². The van der Waals surface area contributed by atoms with Gasteiger partial charge in [0.25, 0.3) is 0 Å². The number of rotatable bonds is 8. The summed E-state index contributed by atoms with van der Waals surface area (Å²) in [7, 11) is 0. The van der Waals surface area contributed by atoms with Crippen LogP contribution in [0.4, 0.5) is 0 Å². The molecule has 1 amide bonds. The van der Waals surface area contributed by atoms with Gasteiger partial charge in [0.15, 0.2) is 0 Å². The first kappa shape index (κ1) is 18.4. The van der Waals surface area contributed by atoms with Crippen molar-refractivity contribution in [2.24, 2.45) is 0 Å². The van der Waals surface area contributed by atoms with Crippen LogP contribution in [0.5, 0.6) is 0 Å². The van der Waals surface area contributed by atoms with Crippen LogP contribution in [0.15, 0.2) is 73.1 Å². The van der Waals surface area contributed by atoms with Gasteiger partial charge in [0.05, 0.1) is 5.69 Å². The molecule has 1 fully saturated rings. The van der Waals surface area contributed by atoms with E-state index < -0.39 is 0 Å². The van der Waals surface area contributed by atoms with E-state index in [2.05, 4.69) is 58.9 Å². The maximum absolute atomic E-state index is 12.4. The number of hydrogen-bond acceptors (Lipinski definition) is 3. The van der Waals surface area contributed by atoms with Crippen molar-refractivity contribution in [3.8, 4) is 5.69 Å². The number of nitrogens with one attached hydrogen (secondary N) is 1. The van der Waals surface area contributed by atoms with Gasteiger partial charge in [-0.1, -0.05) is 42.5 Å². The van der Waals surface area contributed by atoms with E-state index in [0.717, 1.165) is 37.2 Å². The van der Waals surface area contributed by atoms with Gasteiger partial charge in [-0.3, -0.25) is 4.79 Å². The molecular weight excluding hydrogens is 348 g/mol. The Hall–Kier alpha value is -2.92. The van der Waals surface area contributed by atoms with Crippen molar-refractivity contribution >= 4 is 5.91 Å². The third-order valence-electron chi connectivity index (χ3n) is 5.34. The number of likely N-dealkylation sites (tertiary alicyclic amines) is 1. The third kappa shape index (κ3) is 4.49. The van der Waals surface area contributed by atoms with Gasteiger partial charge in [0, 0.05) is 37.9 Å². The van der Waals surface area contributed by atoms with Gasteiger partial charge in [-0.2, -0.15) is 5.10 Å². The summed E-state index contributed by atoms with van der Waals surface area (Å²) >= 11 is 0. The minimum absolute atomic E-state index is 0.268. The molecule has 28 heavy (non-hydrogen) atoms. The third-order valence-corrected chi connectivity index (χ3v) is 5.34. The van der Waals surface area contributed by atoms with Gasteiger partial charge in [-0.05, 0) is 48.7 Å². The van der Waals surface area contributed by atoms with Crippen LogP contribution >= 0.6 is 0 Å². The van der Waals surface area contributed by atoms with Crippen molar-refractivity contribution in [1.82, 2.24) is 20.0 Å². The summed E-state index contributed by atoms with van der Waals surface area (Å²) in [6.45, 7) is 2.47. The molecule has 1 saturated heterocycles. The van der Waals surface area contributed by atoms with E-state index in [0.29, 0.717) is 19.0 Å². The molecule has 0 spiro atoms. The van der Waals surface area contributed by atoms with Crippen molar-refractivity contribution in [3.05, 3.63) is 84.2 Å². The van der Waals surface area contributed by atoms with Crippen LogP contribution in [-0.2, 0) is 17.9 Å². The summed E-state index contributed by atoms with van der Waals surface area (Å²) in [5.74, 6) is 0.268. The minimum Gasteiger partial charge on any atom is -0.335 e. The smallest absolute Gasteiger partial charge is 0.223 e. The van der Waals surface area contributed by atoms with Gasteiger partial charge >= 0.3 is 0 Å². The number of carbonyl (C=O) groups is 1. The second-order valence-electron chi connectivity index (χ2n) is 7.28. The lowest BCUT2D eigenvalue weighted by Gasteiger charge is -2.25. The first-order chi connectivity index (χ1) is 13.8. The molecule has 2 heterocycles. The number of hydrogen-bond donors (Lipinski definition) is 1. The maximum atomic E-state index is 12.4. The molecule has 1 aromatic heterocycles. The molecule has 1 aliphatic heterocycles. The highest BCUT2D eigenvalue weighted by Gasteiger charge is 2.30. The molecule has 0 unspecified atom stereocenters. The monoisotopic (exact) mass is 374 g/mol. The number of benzene rings is 2. The predicted octanol–water partition coefficient (Wildman–Crippen LogP) is 3.54. The topological polar surface area (TPSA) is 50.2 Å². The lowest BCUT2D eigenvalue weighted by atomic mass is 10.1. The molecule has 2 aromatic carbocycles. The first-order valence-electron chi connectivity index (χ1n) is 9.93. The van der Waals surface area contributed by atoms with Crippen LogP contribution in [0, 0.1) is 0 Å². The molecule has 1 aliphatic rings. The molecule has 0 aliphatic carbocycles. The quantitative estimate of drug-likeness (QED) is 0.614. The van der Waals surface area contributed by atoms with Crippen LogP contribution in [0.1, 0.15) is 30.4 Å². The zero-order chi connectivity index (χ0) is 19.2. The Morgan fingerprint density at radius 2 is 1.82 bits per heavy atom. The van der Waals surface area contributed by atoms with Crippen molar-refractivity contribution in [3.63, 3.8) is 0 Å². The normalized spacial score (nSPS) is 16.6. The second kappa shape index (κ2) is 8.85. The van der Waals surface area contributed by atoms with E-state index in [1.807, 2.05) is 27.9 Å². The highest BCUT2D eigenvalue weighted by Crippen LogP contribution is 2.24. The van der Waals surface area contributed by atoms with Gasteiger partial charge in [0.1, 0.15) is 0 Å². The Labute approximate surface area is 166 Å². The Kier molecular flexibility index (Phi) is 5.83. The van der Waals surface area contributed by atoms with E-state index in [9.17, 15) is 4.79 Å². The maximum Gasteiger partial charge on any atom is 0.223 e. The average molecular weight is 374 g/mol. The molecule has 4 rings (SSSR count). The molecule has 1 N–H and O–H groups in total. The van der Waals surface area contributed by atoms with Crippen LogP contribution in [0.2, 0.25) is 0 Å². The minimum atomic E-state index is 0.268. The Morgan fingerprint density at radius 3 is 2.57 bits per heavy atom. The first-order valence-corrected chi connectivity index (χ1v) is 9.93. The van der Waals surface area contributed by atoms with Crippen LogP contribution in [0.25, 0.3) is 5.69 Å². The van der Waals surface area contributed by atoms with Crippen LogP contribution in [-0.4, -0.2) is 33.2 Å². The number of aromatic nitrogens is 2. The van der Waals surface area contributed by atoms with Gasteiger partial charge in [-0.15, -0.1) is 0 Å². The molecule has 3 aromatic rings. The SMILES string of the molecule is O=C1CC[C@H](CCNCc2ccccc2)N1Cc1ccc(-n2cccn2)cc1. The van der Waals surface area contributed by atoms with Crippen molar-refractivity contribution in [1.29, 1.82) is 0 Å². The predicted molar refractivity (Wildman–Crippen MR) is 110 cm³/mol. The summed E-state index contributed by atoms with van der Waals surface area (Å²) in [5.41, 5.74) is 3.48. The lowest BCUT2D eigenvalue weighted by Crippen LogP contribution is -2.34. The van der Waals surface area contributed by atoms with Gasteiger partial charge in [-0.25, -0.2) is 4.68 Å². The highest BCUT2D eigenvalue weighted by atomic mass is 16.2. The Bertz CT molecular complexity index is 875. The summed E-state index contributed by atoms with van der Waals surface area (Å²) in [4.78, 5) is 14.4. The highest BCUT2D eigenvalue weighted by molar-refractivity contribution is 5.78. The molecule has 0 bridgehead atoms. The number of nitrogens with zero attached hydrogens (tertiary/aromatic N) is 3. The fourth-order valence-electron chi connectivity index (χ4n) is 3.78. The number of carbonyl (C=O) groups excluding carboxylic acids is 1. The fraction of sp³-hybridized carbons (Fsp3) is 0.304. The molecule has 1 atom stereocenters. The molecule has 144 valence electrons. The molecule has 0 radical (unpaired) electrons. The molecule has 5 heteroatoms. The largest absolute Gasteiger partial charge is 0.335 e. The zero-order valence-electron chi connectivity index (χ0n) is 16.0. The van der Waals surface area contributed by atoms with Crippen molar-refractivity contribution in [2.45, 2.75) is 38.4 Å². The molecule has 5 nitrogen and oxygen atoms in total. The van der Waals surface area contributed by atoms with Gasteiger partial charge < -0.3 is 10.2 Å². The summed E-state index contributed by atoms with van der Waals surface area (Å²) in [5, 5.41) is 7.76.